The number of nitrogens with one attached hydrogen (secondary N) is 1. The van der Waals surface area contributed by atoms with Crippen molar-refractivity contribution in [2.24, 2.45) is 0 Å². The number of rotatable bonds is 5. The Bertz CT molecular complexity index is 197. The Morgan fingerprint density at radius 1 is 1.46 bits per heavy atom. The van der Waals surface area contributed by atoms with Crippen LogP contribution in [0.5, 0.6) is 0 Å². The highest BCUT2D eigenvalue weighted by atomic mass is 16.2. The molecule has 0 aliphatic heterocycles. The average molecular weight is 182 g/mol. The molecule has 13 heavy (non-hydrogen) atoms. The van der Waals surface area contributed by atoms with E-state index in [2.05, 4.69) is 5.32 Å². The Morgan fingerprint density at radius 2 is 2.15 bits per heavy atom. The van der Waals surface area contributed by atoms with Crippen molar-refractivity contribution in [3.63, 3.8) is 0 Å². The van der Waals surface area contributed by atoms with Crippen molar-refractivity contribution < 1.29 is 4.79 Å². The van der Waals surface area contributed by atoms with Gasteiger partial charge in [0.25, 0.3) is 0 Å². The van der Waals surface area contributed by atoms with E-state index in [4.69, 9.17) is 0 Å². The summed E-state index contributed by atoms with van der Waals surface area (Å²) >= 11 is 0. The van der Waals surface area contributed by atoms with Crippen LogP contribution in [0.2, 0.25) is 0 Å². The molecule has 1 amide bonds. The summed E-state index contributed by atoms with van der Waals surface area (Å²) in [5.74, 6) is 0.0355. The van der Waals surface area contributed by atoms with E-state index in [1.807, 2.05) is 26.1 Å². The number of nitrogens with zero attached hydrogens (tertiary/aromatic N) is 1. The number of carbonyl (C=O) groups is 1. The Morgan fingerprint density at radius 3 is 2.69 bits per heavy atom. The third-order valence-corrected chi connectivity index (χ3v) is 1.62. The number of amides is 1. The van der Waals surface area contributed by atoms with Gasteiger partial charge in [-0.3, -0.25) is 4.79 Å². The summed E-state index contributed by atoms with van der Waals surface area (Å²) in [4.78, 5) is 13.0. The van der Waals surface area contributed by atoms with Crippen LogP contribution in [-0.2, 0) is 4.79 Å². The Balaban J connectivity index is 3.81. The number of hydrogen-bond acceptors (Lipinski definition) is 2. The van der Waals surface area contributed by atoms with E-state index in [1.54, 1.807) is 24.1 Å². The maximum atomic E-state index is 11.3. The first-order valence-corrected chi connectivity index (χ1v) is 4.41. The maximum absolute atomic E-state index is 11.3. The minimum absolute atomic E-state index is 0.0355. The van der Waals surface area contributed by atoms with E-state index in [0.717, 1.165) is 13.1 Å². The fourth-order valence-corrected chi connectivity index (χ4v) is 0.766. The van der Waals surface area contributed by atoms with Crippen LogP contribution >= 0.6 is 0 Å². The average Bonchev–Trinajstić information content (AvgIpc) is 2.14. The van der Waals surface area contributed by atoms with Crippen molar-refractivity contribution in [2.75, 3.05) is 27.2 Å². The van der Waals surface area contributed by atoms with Crippen molar-refractivity contribution in [3.05, 3.63) is 24.3 Å². The molecular weight excluding hydrogens is 164 g/mol. The zero-order valence-corrected chi connectivity index (χ0v) is 8.58. The van der Waals surface area contributed by atoms with Gasteiger partial charge in [0.05, 0.1) is 0 Å². The minimum atomic E-state index is 0.0355. The molecule has 0 aromatic carbocycles. The van der Waals surface area contributed by atoms with Crippen LogP contribution < -0.4 is 5.32 Å². The van der Waals surface area contributed by atoms with E-state index in [1.165, 1.54) is 0 Å². The second-order valence-electron chi connectivity index (χ2n) is 2.75. The van der Waals surface area contributed by atoms with E-state index in [-0.39, 0.29) is 5.91 Å². The molecule has 0 rings (SSSR count). The lowest BCUT2D eigenvalue weighted by atomic mass is 10.4. The van der Waals surface area contributed by atoms with Crippen molar-refractivity contribution in [2.45, 2.75) is 6.92 Å². The summed E-state index contributed by atoms with van der Waals surface area (Å²) in [7, 11) is 3.66. The quantitative estimate of drug-likeness (QED) is 0.504. The first kappa shape index (κ1) is 11.9. The molecule has 3 nitrogen and oxygen atoms in total. The monoisotopic (exact) mass is 182 g/mol. The number of allylic oxidation sites excluding steroid dienone is 3. The smallest absolute Gasteiger partial charge is 0.246 e. The Labute approximate surface area is 80.1 Å². The van der Waals surface area contributed by atoms with E-state index >= 15 is 0 Å². The summed E-state index contributed by atoms with van der Waals surface area (Å²) in [6.45, 7) is 3.47. The van der Waals surface area contributed by atoms with Crippen molar-refractivity contribution in [1.29, 1.82) is 0 Å². The normalized spacial score (nSPS) is 11.3. The summed E-state index contributed by atoms with van der Waals surface area (Å²) in [5, 5.41) is 2.99. The van der Waals surface area contributed by atoms with Crippen LogP contribution in [0.25, 0.3) is 0 Å². The topological polar surface area (TPSA) is 32.3 Å². The lowest BCUT2D eigenvalue weighted by Gasteiger charge is -2.13. The van der Waals surface area contributed by atoms with Gasteiger partial charge < -0.3 is 10.2 Å². The van der Waals surface area contributed by atoms with Crippen molar-refractivity contribution >= 4 is 5.91 Å². The highest BCUT2D eigenvalue weighted by Gasteiger charge is 2.01. The minimum Gasteiger partial charge on any atom is -0.341 e. The molecule has 0 aliphatic carbocycles. The van der Waals surface area contributed by atoms with Crippen LogP contribution in [0.4, 0.5) is 0 Å². The van der Waals surface area contributed by atoms with Crippen LogP contribution in [0, 0.1) is 0 Å². The van der Waals surface area contributed by atoms with Gasteiger partial charge in [0.15, 0.2) is 0 Å². The summed E-state index contributed by atoms with van der Waals surface area (Å²) in [6.07, 6.45) is 7.04. The first-order valence-electron chi connectivity index (χ1n) is 4.41. The molecule has 3 heteroatoms. The fourth-order valence-electron chi connectivity index (χ4n) is 0.766. The van der Waals surface area contributed by atoms with Gasteiger partial charge in [-0.25, -0.2) is 0 Å². The highest BCUT2D eigenvalue weighted by Crippen LogP contribution is 1.86. The van der Waals surface area contributed by atoms with Gasteiger partial charge in [-0.15, -0.1) is 0 Å². The molecule has 0 aromatic heterocycles. The molecule has 0 saturated heterocycles. The second-order valence-corrected chi connectivity index (χ2v) is 2.75. The number of hydrogen-bond donors (Lipinski definition) is 1. The predicted octanol–water partition coefficient (Wildman–Crippen LogP) is 0.796. The van der Waals surface area contributed by atoms with E-state index in [9.17, 15) is 4.79 Å². The molecule has 0 aromatic rings. The predicted molar refractivity (Wildman–Crippen MR) is 55.5 cm³/mol. The van der Waals surface area contributed by atoms with Crippen LogP contribution in [0.1, 0.15) is 6.92 Å². The molecule has 0 saturated carbocycles. The molecule has 74 valence electrons. The first-order chi connectivity index (χ1) is 6.22. The lowest BCUT2D eigenvalue weighted by molar-refractivity contribution is -0.124. The molecule has 0 unspecified atom stereocenters. The van der Waals surface area contributed by atoms with Gasteiger partial charge in [0.1, 0.15) is 0 Å². The third-order valence-electron chi connectivity index (χ3n) is 1.62. The van der Waals surface area contributed by atoms with Gasteiger partial charge in [-0.2, -0.15) is 0 Å². The van der Waals surface area contributed by atoms with Crippen molar-refractivity contribution in [1.82, 2.24) is 10.2 Å². The van der Waals surface area contributed by atoms with E-state index in [0.29, 0.717) is 0 Å². The van der Waals surface area contributed by atoms with E-state index < -0.39 is 0 Å². The lowest BCUT2D eigenvalue weighted by Crippen LogP contribution is -2.31. The van der Waals surface area contributed by atoms with Crippen molar-refractivity contribution in [3.8, 4) is 0 Å². The zero-order valence-electron chi connectivity index (χ0n) is 8.58. The number of carbonyl (C=O) groups excluding carboxylic acids is 1. The molecule has 0 heterocycles. The molecule has 0 aliphatic rings. The third kappa shape index (κ3) is 6.11. The van der Waals surface area contributed by atoms with Crippen LogP contribution in [-0.4, -0.2) is 38.0 Å². The Kier molecular flexibility index (Phi) is 6.92. The van der Waals surface area contributed by atoms with Gasteiger partial charge in [0, 0.05) is 26.2 Å². The highest BCUT2D eigenvalue weighted by molar-refractivity contribution is 5.87. The molecule has 0 radical (unpaired) electrons. The molecule has 0 atom stereocenters. The van der Waals surface area contributed by atoms with Gasteiger partial charge in [0.2, 0.25) is 5.91 Å². The second kappa shape index (κ2) is 7.55. The van der Waals surface area contributed by atoms with Gasteiger partial charge in [-0.1, -0.05) is 18.2 Å². The fraction of sp³-hybridized carbons (Fsp3) is 0.500. The van der Waals surface area contributed by atoms with Crippen LogP contribution in [0.15, 0.2) is 24.3 Å². The molecular formula is C10H18N2O. The largest absolute Gasteiger partial charge is 0.341 e. The van der Waals surface area contributed by atoms with Crippen LogP contribution in [0.3, 0.4) is 0 Å². The molecule has 0 spiro atoms. The Hall–Kier alpha value is -1.09. The van der Waals surface area contributed by atoms with Gasteiger partial charge >= 0.3 is 0 Å². The molecule has 0 bridgehead atoms. The zero-order chi connectivity index (χ0) is 10.1. The van der Waals surface area contributed by atoms with Gasteiger partial charge in [-0.05, 0) is 14.0 Å². The standard InChI is InChI=1S/C10H18N2O/c1-4-5-6-7-10(13)12(3)9-8-11-2/h4-7,11H,8-9H2,1-3H3. The summed E-state index contributed by atoms with van der Waals surface area (Å²) in [5.41, 5.74) is 0. The number of likely N-dealkylation sites (N-methyl/N-ethyl adjacent to an activating group) is 2. The summed E-state index contributed by atoms with van der Waals surface area (Å²) in [6, 6.07) is 0. The summed E-state index contributed by atoms with van der Waals surface area (Å²) < 4.78 is 0. The molecule has 0 fully saturated rings. The molecule has 1 N–H and O–H groups in total. The maximum Gasteiger partial charge on any atom is 0.246 e. The SMILES string of the molecule is CC=CC=CC(=O)N(C)CCNC.